The molecule has 1 aromatic carbocycles. The molecule has 0 aliphatic rings. The lowest BCUT2D eigenvalue weighted by Crippen LogP contribution is -1.96. The number of hydrogen-bond donors (Lipinski definition) is 1. The van der Waals surface area contributed by atoms with Gasteiger partial charge in [-0.1, -0.05) is 29.8 Å². The third-order valence-electron chi connectivity index (χ3n) is 2.56. The average molecular weight is 277 g/mol. The molecule has 0 unspecified atom stereocenters. The topological polar surface area (TPSA) is 38.9 Å². The van der Waals surface area contributed by atoms with E-state index in [0.29, 0.717) is 5.82 Å². The molecule has 1 aromatic heterocycles. The van der Waals surface area contributed by atoms with Crippen molar-refractivity contribution < 1.29 is 0 Å². The number of benzene rings is 1. The van der Waals surface area contributed by atoms with Crippen LogP contribution in [0, 0.1) is 13.8 Å². The Hall–Kier alpha value is -1.35. The largest absolute Gasteiger partial charge is 0.383 e. The van der Waals surface area contributed by atoms with Crippen LogP contribution >= 0.6 is 15.9 Å². The van der Waals surface area contributed by atoms with E-state index in [1.807, 2.05) is 13.0 Å². The Morgan fingerprint density at radius 2 is 1.75 bits per heavy atom. The first-order valence-corrected chi connectivity index (χ1v) is 5.87. The highest BCUT2D eigenvalue weighted by molar-refractivity contribution is 9.10. The number of aryl methyl sites for hydroxylation is 2. The standard InChI is InChI=1S/C13H13BrN2/c1-8-3-5-10(6-4-8)11-7-12(14)13(15)16-9(11)2/h3-7H,1-2H3,(H2,15,16). The maximum Gasteiger partial charge on any atom is 0.138 e. The second-order valence-corrected chi connectivity index (χ2v) is 4.71. The lowest BCUT2D eigenvalue weighted by molar-refractivity contribution is 1.20. The molecular formula is C13H13BrN2. The Morgan fingerprint density at radius 3 is 2.38 bits per heavy atom. The number of halogens is 1. The molecule has 2 rings (SSSR count). The number of rotatable bonds is 1. The molecule has 0 atom stereocenters. The minimum absolute atomic E-state index is 0.536. The van der Waals surface area contributed by atoms with Crippen molar-refractivity contribution in [2.75, 3.05) is 5.73 Å². The van der Waals surface area contributed by atoms with Gasteiger partial charge in [0.15, 0.2) is 0 Å². The maximum atomic E-state index is 5.73. The van der Waals surface area contributed by atoms with Gasteiger partial charge in [-0.05, 0) is 41.4 Å². The van der Waals surface area contributed by atoms with E-state index in [1.165, 1.54) is 5.56 Å². The normalized spacial score (nSPS) is 10.4. The number of anilines is 1. The smallest absolute Gasteiger partial charge is 0.138 e. The summed E-state index contributed by atoms with van der Waals surface area (Å²) in [5.41, 5.74) is 10.2. The van der Waals surface area contributed by atoms with E-state index in [9.17, 15) is 0 Å². The van der Waals surface area contributed by atoms with Gasteiger partial charge >= 0.3 is 0 Å². The molecular weight excluding hydrogens is 264 g/mol. The van der Waals surface area contributed by atoms with Gasteiger partial charge in [-0.25, -0.2) is 4.98 Å². The van der Waals surface area contributed by atoms with Gasteiger partial charge in [0.25, 0.3) is 0 Å². The zero-order valence-corrected chi connectivity index (χ0v) is 10.9. The number of aromatic nitrogens is 1. The van der Waals surface area contributed by atoms with Crippen molar-refractivity contribution in [1.82, 2.24) is 4.98 Å². The highest BCUT2D eigenvalue weighted by Crippen LogP contribution is 2.28. The molecule has 2 aromatic rings. The molecule has 0 saturated heterocycles. The summed E-state index contributed by atoms with van der Waals surface area (Å²) in [6.45, 7) is 4.05. The fourth-order valence-electron chi connectivity index (χ4n) is 1.62. The first-order valence-electron chi connectivity index (χ1n) is 5.07. The molecule has 3 heteroatoms. The molecule has 0 spiro atoms. The van der Waals surface area contributed by atoms with Gasteiger partial charge in [0.2, 0.25) is 0 Å². The summed E-state index contributed by atoms with van der Waals surface area (Å²) >= 11 is 3.40. The van der Waals surface area contributed by atoms with Crippen molar-refractivity contribution >= 4 is 21.7 Å². The summed E-state index contributed by atoms with van der Waals surface area (Å²) < 4.78 is 0.841. The van der Waals surface area contributed by atoms with Crippen LogP contribution in [-0.4, -0.2) is 4.98 Å². The van der Waals surface area contributed by atoms with Crippen LogP contribution in [0.15, 0.2) is 34.8 Å². The SMILES string of the molecule is Cc1ccc(-c2cc(Br)c(N)nc2C)cc1. The number of nitrogen functional groups attached to an aromatic ring is 1. The quantitative estimate of drug-likeness (QED) is 0.863. The number of nitrogens with zero attached hydrogens (tertiary/aromatic N) is 1. The number of hydrogen-bond acceptors (Lipinski definition) is 2. The van der Waals surface area contributed by atoms with Gasteiger partial charge < -0.3 is 5.73 Å². The summed E-state index contributed by atoms with van der Waals surface area (Å²) in [5, 5.41) is 0. The molecule has 2 nitrogen and oxygen atoms in total. The highest BCUT2D eigenvalue weighted by atomic mass is 79.9. The maximum absolute atomic E-state index is 5.73. The first-order chi connectivity index (χ1) is 7.58. The van der Waals surface area contributed by atoms with E-state index in [-0.39, 0.29) is 0 Å². The predicted molar refractivity (Wildman–Crippen MR) is 71.3 cm³/mol. The fraction of sp³-hybridized carbons (Fsp3) is 0.154. The molecule has 0 radical (unpaired) electrons. The minimum Gasteiger partial charge on any atom is -0.383 e. The van der Waals surface area contributed by atoms with E-state index in [0.717, 1.165) is 21.3 Å². The second kappa shape index (κ2) is 4.26. The van der Waals surface area contributed by atoms with Crippen LogP contribution in [0.3, 0.4) is 0 Å². The first kappa shape index (κ1) is 11.1. The Labute approximate surface area is 104 Å². The molecule has 82 valence electrons. The van der Waals surface area contributed by atoms with Crippen LogP contribution in [0.4, 0.5) is 5.82 Å². The van der Waals surface area contributed by atoms with Crippen LogP contribution in [0.1, 0.15) is 11.3 Å². The van der Waals surface area contributed by atoms with Crippen LogP contribution < -0.4 is 5.73 Å². The van der Waals surface area contributed by atoms with Crippen molar-refractivity contribution in [3.8, 4) is 11.1 Å². The number of nitrogens with two attached hydrogens (primary N) is 1. The highest BCUT2D eigenvalue weighted by Gasteiger charge is 2.06. The molecule has 0 aliphatic heterocycles. The van der Waals surface area contributed by atoms with Crippen LogP contribution in [0.2, 0.25) is 0 Å². The van der Waals surface area contributed by atoms with Crippen molar-refractivity contribution in [1.29, 1.82) is 0 Å². The summed E-state index contributed by atoms with van der Waals surface area (Å²) in [6, 6.07) is 10.4. The Bertz CT molecular complexity index is 518. The van der Waals surface area contributed by atoms with Gasteiger partial charge in [-0.15, -0.1) is 0 Å². The molecule has 16 heavy (non-hydrogen) atoms. The Morgan fingerprint density at radius 1 is 1.12 bits per heavy atom. The number of pyridine rings is 1. The van der Waals surface area contributed by atoms with E-state index < -0.39 is 0 Å². The molecule has 1 heterocycles. The zero-order chi connectivity index (χ0) is 11.7. The lowest BCUT2D eigenvalue weighted by Gasteiger charge is -2.08. The van der Waals surface area contributed by atoms with E-state index in [1.54, 1.807) is 0 Å². The Balaban J connectivity index is 2.56. The van der Waals surface area contributed by atoms with Crippen molar-refractivity contribution in [2.45, 2.75) is 13.8 Å². The fourth-order valence-corrected chi connectivity index (χ4v) is 1.94. The summed E-state index contributed by atoms with van der Waals surface area (Å²) in [4.78, 5) is 4.30. The average Bonchev–Trinajstić information content (AvgIpc) is 2.25. The van der Waals surface area contributed by atoms with Crippen molar-refractivity contribution in [2.24, 2.45) is 0 Å². The molecule has 0 fully saturated rings. The molecule has 0 aliphatic carbocycles. The van der Waals surface area contributed by atoms with Crippen LogP contribution in [0.5, 0.6) is 0 Å². The van der Waals surface area contributed by atoms with Gasteiger partial charge in [0.1, 0.15) is 5.82 Å². The second-order valence-electron chi connectivity index (χ2n) is 3.85. The monoisotopic (exact) mass is 276 g/mol. The van der Waals surface area contributed by atoms with E-state index >= 15 is 0 Å². The summed E-state index contributed by atoms with van der Waals surface area (Å²) in [5.74, 6) is 0.536. The lowest BCUT2D eigenvalue weighted by atomic mass is 10.0. The molecule has 0 bridgehead atoms. The predicted octanol–water partition coefficient (Wildman–Crippen LogP) is 3.71. The molecule has 0 saturated carbocycles. The van der Waals surface area contributed by atoms with Gasteiger partial charge in [0, 0.05) is 11.3 Å². The van der Waals surface area contributed by atoms with Crippen LogP contribution in [0.25, 0.3) is 11.1 Å². The third kappa shape index (κ3) is 2.09. The van der Waals surface area contributed by atoms with Crippen LogP contribution in [-0.2, 0) is 0 Å². The van der Waals surface area contributed by atoms with Gasteiger partial charge in [-0.2, -0.15) is 0 Å². The zero-order valence-electron chi connectivity index (χ0n) is 9.29. The third-order valence-corrected chi connectivity index (χ3v) is 3.19. The van der Waals surface area contributed by atoms with Crippen molar-refractivity contribution in [3.63, 3.8) is 0 Å². The van der Waals surface area contributed by atoms with E-state index in [2.05, 4.69) is 52.1 Å². The van der Waals surface area contributed by atoms with E-state index in [4.69, 9.17) is 5.73 Å². The molecule has 0 amide bonds. The molecule has 2 N–H and O–H groups in total. The summed E-state index contributed by atoms with van der Waals surface area (Å²) in [6.07, 6.45) is 0. The van der Waals surface area contributed by atoms with Gasteiger partial charge in [0.05, 0.1) is 4.47 Å². The van der Waals surface area contributed by atoms with Crippen molar-refractivity contribution in [3.05, 3.63) is 46.1 Å². The van der Waals surface area contributed by atoms with Gasteiger partial charge in [-0.3, -0.25) is 0 Å². The Kier molecular flexibility index (Phi) is 2.97. The minimum atomic E-state index is 0.536. The summed E-state index contributed by atoms with van der Waals surface area (Å²) in [7, 11) is 0.